The number of benzene rings is 3. The van der Waals surface area contributed by atoms with Crippen molar-refractivity contribution in [1.82, 2.24) is 0 Å². The lowest BCUT2D eigenvalue weighted by Gasteiger charge is -2.14. The van der Waals surface area contributed by atoms with Crippen LogP contribution in [0.4, 0.5) is 17.1 Å². The highest BCUT2D eigenvalue weighted by Gasteiger charge is 2.18. The van der Waals surface area contributed by atoms with Crippen molar-refractivity contribution < 1.29 is 9.66 Å². The molecule has 5 nitrogen and oxygen atoms in total. The van der Waals surface area contributed by atoms with E-state index >= 15 is 0 Å². The molecule has 0 saturated heterocycles. The summed E-state index contributed by atoms with van der Waals surface area (Å²) in [5.74, 6) is 0.626. The summed E-state index contributed by atoms with van der Waals surface area (Å²) >= 11 is 0. The predicted molar refractivity (Wildman–Crippen MR) is 104 cm³/mol. The van der Waals surface area contributed by atoms with Gasteiger partial charge in [-0.15, -0.1) is 0 Å². The number of nitrogens with zero attached hydrogens (tertiary/aromatic N) is 1. The molecule has 132 valence electrons. The van der Waals surface area contributed by atoms with Gasteiger partial charge < -0.3 is 10.1 Å². The van der Waals surface area contributed by atoms with Gasteiger partial charge in [0.15, 0.2) is 0 Å². The second-order valence-electron chi connectivity index (χ2n) is 6.08. The van der Waals surface area contributed by atoms with Gasteiger partial charge in [0.05, 0.1) is 17.7 Å². The molecule has 0 aliphatic rings. The number of aryl methyl sites for hydroxylation is 2. The lowest BCUT2D eigenvalue weighted by Crippen LogP contribution is -1.99. The Bertz CT molecular complexity index is 947. The number of para-hydroxylation sites is 2. The topological polar surface area (TPSA) is 64.4 Å². The van der Waals surface area contributed by atoms with Crippen molar-refractivity contribution in [2.24, 2.45) is 0 Å². The quantitative estimate of drug-likeness (QED) is 0.479. The maximum absolute atomic E-state index is 11.7. The Morgan fingerprint density at radius 2 is 1.62 bits per heavy atom. The summed E-state index contributed by atoms with van der Waals surface area (Å²) in [4.78, 5) is 11.3. The van der Waals surface area contributed by atoms with Crippen molar-refractivity contribution in [3.63, 3.8) is 0 Å². The van der Waals surface area contributed by atoms with Crippen molar-refractivity contribution in [2.45, 2.75) is 13.8 Å². The smallest absolute Gasteiger partial charge is 0.293 e. The monoisotopic (exact) mass is 348 g/mol. The van der Waals surface area contributed by atoms with Crippen LogP contribution in [0.2, 0.25) is 0 Å². The zero-order valence-corrected chi connectivity index (χ0v) is 14.9. The molecule has 3 aromatic carbocycles. The fourth-order valence-electron chi connectivity index (χ4n) is 3.11. The third kappa shape index (κ3) is 3.37. The van der Waals surface area contributed by atoms with Gasteiger partial charge in [0.2, 0.25) is 0 Å². The average molecular weight is 348 g/mol. The molecule has 0 bridgehead atoms. The standard InChI is InChI=1S/C21H20N2O3/c1-14-7-6-8-15(2)21(14)16-11-12-17(19(13-16)23(24)25)22-18-9-4-5-10-20(18)26-3/h4-13,22H,1-3H3. The third-order valence-corrected chi connectivity index (χ3v) is 4.34. The number of rotatable bonds is 5. The summed E-state index contributed by atoms with van der Waals surface area (Å²) in [5, 5.41) is 14.8. The highest BCUT2D eigenvalue weighted by atomic mass is 16.6. The van der Waals surface area contributed by atoms with E-state index in [0.29, 0.717) is 17.1 Å². The number of hydrogen-bond donors (Lipinski definition) is 1. The van der Waals surface area contributed by atoms with Gasteiger partial charge in [0, 0.05) is 6.07 Å². The second-order valence-corrected chi connectivity index (χ2v) is 6.08. The van der Waals surface area contributed by atoms with Gasteiger partial charge in [0.25, 0.3) is 5.69 Å². The highest BCUT2D eigenvalue weighted by Crippen LogP contribution is 2.36. The fourth-order valence-corrected chi connectivity index (χ4v) is 3.11. The van der Waals surface area contributed by atoms with Crippen molar-refractivity contribution in [2.75, 3.05) is 12.4 Å². The van der Waals surface area contributed by atoms with Gasteiger partial charge in [-0.2, -0.15) is 0 Å². The molecular weight excluding hydrogens is 328 g/mol. The minimum Gasteiger partial charge on any atom is -0.495 e. The van der Waals surface area contributed by atoms with Crippen molar-refractivity contribution in [1.29, 1.82) is 0 Å². The Morgan fingerprint density at radius 1 is 0.923 bits per heavy atom. The molecule has 0 amide bonds. The number of nitro groups is 1. The first-order chi connectivity index (χ1) is 12.5. The van der Waals surface area contributed by atoms with Crippen LogP contribution in [0.3, 0.4) is 0 Å². The molecule has 0 aromatic heterocycles. The van der Waals surface area contributed by atoms with Crippen molar-refractivity contribution >= 4 is 17.1 Å². The number of nitro benzene ring substituents is 1. The SMILES string of the molecule is COc1ccccc1Nc1ccc(-c2c(C)cccc2C)cc1[N+](=O)[O-]. The van der Waals surface area contributed by atoms with E-state index in [-0.39, 0.29) is 10.6 Å². The van der Waals surface area contributed by atoms with Crippen LogP contribution in [0, 0.1) is 24.0 Å². The number of hydrogen-bond acceptors (Lipinski definition) is 4. The van der Waals surface area contributed by atoms with Crippen LogP contribution in [-0.4, -0.2) is 12.0 Å². The summed E-state index contributed by atoms with van der Waals surface area (Å²) in [7, 11) is 1.57. The maximum Gasteiger partial charge on any atom is 0.293 e. The third-order valence-electron chi connectivity index (χ3n) is 4.34. The molecule has 0 radical (unpaired) electrons. The maximum atomic E-state index is 11.7. The molecule has 0 aliphatic heterocycles. The summed E-state index contributed by atoms with van der Waals surface area (Å²) < 4.78 is 5.31. The molecule has 0 spiro atoms. The number of anilines is 2. The molecule has 0 aliphatic carbocycles. The molecule has 0 unspecified atom stereocenters. The average Bonchev–Trinajstić information content (AvgIpc) is 2.63. The molecule has 3 rings (SSSR count). The van der Waals surface area contributed by atoms with E-state index in [2.05, 4.69) is 5.32 Å². The Kier molecular flexibility index (Phi) is 4.89. The van der Waals surface area contributed by atoms with Gasteiger partial charge in [-0.1, -0.05) is 36.4 Å². The van der Waals surface area contributed by atoms with Crippen LogP contribution in [0.25, 0.3) is 11.1 Å². The van der Waals surface area contributed by atoms with E-state index < -0.39 is 0 Å². The summed E-state index contributed by atoms with van der Waals surface area (Å²) in [6, 6.07) is 18.6. The molecule has 26 heavy (non-hydrogen) atoms. The lowest BCUT2D eigenvalue weighted by molar-refractivity contribution is -0.383. The predicted octanol–water partition coefficient (Wildman–Crippen LogP) is 5.63. The summed E-state index contributed by atoms with van der Waals surface area (Å²) in [6.45, 7) is 4.02. The molecule has 0 heterocycles. The molecule has 0 atom stereocenters. The van der Waals surface area contributed by atoms with Gasteiger partial charge in [0.1, 0.15) is 11.4 Å². The van der Waals surface area contributed by atoms with Crippen LogP contribution in [0.5, 0.6) is 5.75 Å². The lowest BCUT2D eigenvalue weighted by atomic mass is 9.95. The Labute approximate surface area is 152 Å². The Hall–Kier alpha value is -3.34. The molecule has 0 fully saturated rings. The number of methoxy groups -OCH3 is 1. The van der Waals surface area contributed by atoms with E-state index in [1.807, 2.05) is 56.3 Å². The zero-order valence-electron chi connectivity index (χ0n) is 14.9. The van der Waals surface area contributed by atoms with Crippen LogP contribution in [0.15, 0.2) is 60.7 Å². The van der Waals surface area contributed by atoms with Gasteiger partial charge in [-0.05, 0) is 54.3 Å². The first kappa shape index (κ1) is 17.5. The van der Waals surface area contributed by atoms with Gasteiger partial charge in [-0.25, -0.2) is 0 Å². The van der Waals surface area contributed by atoms with Crippen LogP contribution < -0.4 is 10.1 Å². The second kappa shape index (κ2) is 7.27. The number of nitrogens with one attached hydrogen (secondary N) is 1. The van der Waals surface area contributed by atoms with E-state index in [9.17, 15) is 10.1 Å². The summed E-state index contributed by atoms with van der Waals surface area (Å²) in [5.41, 5.74) is 5.16. The molecular formula is C21H20N2O3. The van der Waals surface area contributed by atoms with Crippen molar-refractivity contribution in [3.05, 3.63) is 81.9 Å². The Morgan fingerprint density at radius 3 is 2.27 bits per heavy atom. The van der Waals surface area contributed by atoms with E-state index in [4.69, 9.17) is 4.74 Å². The zero-order chi connectivity index (χ0) is 18.7. The van der Waals surface area contributed by atoms with Gasteiger partial charge in [-0.3, -0.25) is 10.1 Å². The number of ether oxygens (including phenoxy) is 1. The highest BCUT2D eigenvalue weighted by molar-refractivity contribution is 5.80. The first-order valence-electron chi connectivity index (χ1n) is 8.26. The van der Waals surface area contributed by atoms with Crippen LogP contribution in [-0.2, 0) is 0 Å². The Balaban J connectivity index is 2.07. The van der Waals surface area contributed by atoms with Crippen molar-refractivity contribution in [3.8, 4) is 16.9 Å². The van der Waals surface area contributed by atoms with Gasteiger partial charge >= 0.3 is 0 Å². The molecule has 1 N–H and O–H groups in total. The summed E-state index contributed by atoms with van der Waals surface area (Å²) in [6.07, 6.45) is 0. The normalized spacial score (nSPS) is 10.4. The van der Waals surface area contributed by atoms with Crippen LogP contribution in [0.1, 0.15) is 11.1 Å². The van der Waals surface area contributed by atoms with E-state index in [1.54, 1.807) is 25.3 Å². The molecule has 3 aromatic rings. The van der Waals surface area contributed by atoms with E-state index in [0.717, 1.165) is 22.3 Å². The minimum absolute atomic E-state index is 0.0241. The largest absolute Gasteiger partial charge is 0.495 e. The fraction of sp³-hybridized carbons (Fsp3) is 0.143. The first-order valence-corrected chi connectivity index (χ1v) is 8.26. The van der Waals surface area contributed by atoms with E-state index in [1.165, 1.54) is 0 Å². The minimum atomic E-state index is -0.366. The molecule has 5 heteroatoms. The molecule has 0 saturated carbocycles. The van der Waals surface area contributed by atoms with Crippen LogP contribution >= 0.6 is 0 Å².